The lowest BCUT2D eigenvalue weighted by Crippen LogP contribution is -2.24. The SMILES string of the molecule is Cc1ccc(CC(=O)O)cc1.Cl.N#Cc1ccc(CNC(=O)c2cc(N)ncn2)cc1. The number of aromatic nitrogens is 2. The molecule has 3 aromatic rings. The largest absolute Gasteiger partial charge is 0.481 e. The van der Waals surface area contributed by atoms with E-state index in [1.807, 2.05) is 37.3 Å². The van der Waals surface area contributed by atoms with E-state index in [9.17, 15) is 9.59 Å². The van der Waals surface area contributed by atoms with Crippen LogP contribution in [0.25, 0.3) is 0 Å². The van der Waals surface area contributed by atoms with Crippen LogP contribution in [0.1, 0.15) is 32.7 Å². The van der Waals surface area contributed by atoms with Crippen molar-refractivity contribution >= 4 is 30.1 Å². The summed E-state index contributed by atoms with van der Waals surface area (Å²) in [7, 11) is 0. The zero-order chi connectivity index (χ0) is 21.9. The number of anilines is 1. The smallest absolute Gasteiger partial charge is 0.307 e. The van der Waals surface area contributed by atoms with E-state index in [0.717, 1.165) is 16.7 Å². The molecule has 160 valence electrons. The lowest BCUT2D eigenvalue weighted by atomic mass is 10.1. The summed E-state index contributed by atoms with van der Waals surface area (Å²) in [5.41, 5.74) is 9.18. The van der Waals surface area contributed by atoms with Crippen molar-refractivity contribution < 1.29 is 14.7 Å². The summed E-state index contributed by atoms with van der Waals surface area (Å²) in [6, 6.07) is 17.9. The molecular weight excluding hydrogens is 418 g/mol. The first-order chi connectivity index (χ1) is 14.4. The van der Waals surface area contributed by atoms with E-state index in [2.05, 4.69) is 15.3 Å². The van der Waals surface area contributed by atoms with Gasteiger partial charge in [0.2, 0.25) is 0 Å². The molecule has 2 aromatic carbocycles. The number of nitrogens with one attached hydrogen (secondary N) is 1. The summed E-state index contributed by atoms with van der Waals surface area (Å²) in [5.74, 6) is -0.856. The molecule has 0 spiro atoms. The molecule has 8 nitrogen and oxygen atoms in total. The number of halogens is 1. The summed E-state index contributed by atoms with van der Waals surface area (Å²) in [6.45, 7) is 2.33. The second-order valence-corrected chi connectivity index (χ2v) is 6.38. The van der Waals surface area contributed by atoms with Crippen molar-refractivity contribution in [1.29, 1.82) is 5.26 Å². The van der Waals surface area contributed by atoms with Gasteiger partial charge in [-0.15, -0.1) is 12.4 Å². The molecule has 0 bridgehead atoms. The Morgan fingerprint density at radius 2 is 1.68 bits per heavy atom. The maximum Gasteiger partial charge on any atom is 0.307 e. The first kappa shape index (κ1) is 25.1. The Balaban J connectivity index is 0.000000344. The van der Waals surface area contributed by atoms with Crippen molar-refractivity contribution in [3.05, 3.63) is 88.9 Å². The number of hydrogen-bond donors (Lipinski definition) is 3. The standard InChI is InChI=1S/C13H11N5O.C9H10O2.ClH/c14-6-9-1-3-10(4-2-9)7-16-13(19)11-5-12(15)18-8-17-11;1-7-2-4-8(5-3-7)6-9(10)11;/h1-5,8H,7H2,(H,16,19)(H2,15,17,18);2-5H,6H2,1H3,(H,10,11);1H. The highest BCUT2D eigenvalue weighted by Crippen LogP contribution is 2.05. The Kier molecular flexibility index (Phi) is 10.2. The van der Waals surface area contributed by atoms with E-state index in [1.54, 1.807) is 24.3 Å². The highest BCUT2D eigenvalue weighted by atomic mass is 35.5. The average molecular weight is 440 g/mol. The van der Waals surface area contributed by atoms with Gasteiger partial charge >= 0.3 is 5.97 Å². The third-order valence-corrected chi connectivity index (χ3v) is 3.93. The molecule has 0 radical (unpaired) electrons. The van der Waals surface area contributed by atoms with Crippen LogP contribution in [0.3, 0.4) is 0 Å². The Hall–Kier alpha value is -3.96. The number of carboxylic acid groups (broad SMARTS) is 1. The third kappa shape index (κ3) is 8.94. The molecule has 3 rings (SSSR count). The van der Waals surface area contributed by atoms with E-state index in [4.69, 9.17) is 16.1 Å². The van der Waals surface area contributed by atoms with Crippen molar-refractivity contribution in [2.24, 2.45) is 0 Å². The van der Waals surface area contributed by atoms with Gasteiger partial charge in [0.1, 0.15) is 17.8 Å². The molecule has 9 heteroatoms. The molecule has 1 amide bonds. The van der Waals surface area contributed by atoms with Crippen LogP contribution in [-0.4, -0.2) is 27.0 Å². The van der Waals surface area contributed by atoms with Crippen molar-refractivity contribution in [1.82, 2.24) is 15.3 Å². The summed E-state index contributed by atoms with van der Waals surface area (Å²) in [5, 5.41) is 19.8. The molecule has 1 aromatic heterocycles. The minimum absolute atomic E-state index is 0. The van der Waals surface area contributed by atoms with Gasteiger partial charge in [-0.1, -0.05) is 42.0 Å². The number of nitrogens with two attached hydrogens (primary N) is 1. The topological polar surface area (TPSA) is 142 Å². The van der Waals surface area contributed by atoms with Crippen molar-refractivity contribution in [2.45, 2.75) is 19.9 Å². The number of aryl methyl sites for hydroxylation is 1. The number of amides is 1. The predicted octanol–water partition coefficient (Wildman–Crippen LogP) is 2.90. The maximum atomic E-state index is 11.8. The number of aliphatic carboxylic acids is 1. The Morgan fingerprint density at radius 3 is 2.23 bits per heavy atom. The van der Waals surface area contributed by atoms with Crippen LogP contribution in [0, 0.1) is 18.3 Å². The molecule has 0 saturated heterocycles. The first-order valence-corrected chi connectivity index (χ1v) is 8.99. The van der Waals surface area contributed by atoms with E-state index in [0.29, 0.717) is 12.1 Å². The molecule has 0 aliphatic carbocycles. The van der Waals surface area contributed by atoms with Crippen molar-refractivity contribution in [2.75, 3.05) is 5.73 Å². The van der Waals surface area contributed by atoms with Gasteiger partial charge in [-0.05, 0) is 30.2 Å². The molecule has 0 atom stereocenters. The number of carboxylic acids is 1. The van der Waals surface area contributed by atoms with Crippen LogP contribution < -0.4 is 11.1 Å². The number of benzene rings is 2. The number of rotatable bonds is 5. The average Bonchev–Trinajstić information content (AvgIpc) is 2.74. The van der Waals surface area contributed by atoms with Gasteiger partial charge in [-0.3, -0.25) is 9.59 Å². The van der Waals surface area contributed by atoms with Crippen LogP contribution in [-0.2, 0) is 17.8 Å². The van der Waals surface area contributed by atoms with Crippen LogP contribution in [0.5, 0.6) is 0 Å². The van der Waals surface area contributed by atoms with Gasteiger partial charge in [0.15, 0.2) is 0 Å². The van der Waals surface area contributed by atoms with Gasteiger partial charge in [-0.25, -0.2) is 9.97 Å². The fourth-order valence-electron chi connectivity index (χ4n) is 2.35. The second-order valence-electron chi connectivity index (χ2n) is 6.38. The lowest BCUT2D eigenvalue weighted by Gasteiger charge is -2.05. The van der Waals surface area contributed by atoms with Gasteiger partial charge in [0, 0.05) is 12.6 Å². The summed E-state index contributed by atoms with van der Waals surface area (Å²) in [6.07, 6.45) is 1.35. The van der Waals surface area contributed by atoms with Crippen LogP contribution in [0.4, 0.5) is 5.82 Å². The van der Waals surface area contributed by atoms with Crippen LogP contribution in [0.15, 0.2) is 60.9 Å². The number of nitrogen functional groups attached to an aromatic ring is 1. The molecule has 31 heavy (non-hydrogen) atoms. The molecular formula is C22H22ClN5O3. The lowest BCUT2D eigenvalue weighted by molar-refractivity contribution is -0.136. The Bertz CT molecular complexity index is 1050. The molecule has 0 saturated carbocycles. The van der Waals surface area contributed by atoms with E-state index in [1.165, 1.54) is 12.4 Å². The minimum atomic E-state index is -0.783. The zero-order valence-corrected chi connectivity index (χ0v) is 17.6. The molecule has 1 heterocycles. The predicted molar refractivity (Wildman–Crippen MR) is 119 cm³/mol. The quantitative estimate of drug-likeness (QED) is 0.554. The maximum absolute atomic E-state index is 11.8. The number of carbonyl (C=O) groups is 2. The van der Waals surface area contributed by atoms with Crippen molar-refractivity contribution in [3.8, 4) is 6.07 Å². The van der Waals surface area contributed by atoms with Gasteiger partial charge in [0.05, 0.1) is 18.1 Å². The van der Waals surface area contributed by atoms with E-state index in [-0.39, 0.29) is 36.2 Å². The highest BCUT2D eigenvalue weighted by Gasteiger charge is 2.07. The van der Waals surface area contributed by atoms with Crippen molar-refractivity contribution in [3.63, 3.8) is 0 Å². The second kappa shape index (κ2) is 12.6. The third-order valence-electron chi connectivity index (χ3n) is 3.93. The summed E-state index contributed by atoms with van der Waals surface area (Å²) in [4.78, 5) is 29.6. The number of hydrogen-bond acceptors (Lipinski definition) is 6. The van der Waals surface area contributed by atoms with E-state index >= 15 is 0 Å². The van der Waals surface area contributed by atoms with Gasteiger partial charge < -0.3 is 16.2 Å². The Labute approximate surface area is 186 Å². The molecule has 0 aliphatic heterocycles. The number of nitrogens with zero attached hydrogens (tertiary/aromatic N) is 3. The first-order valence-electron chi connectivity index (χ1n) is 8.99. The van der Waals surface area contributed by atoms with Gasteiger partial charge in [0.25, 0.3) is 5.91 Å². The fraction of sp³-hybridized carbons (Fsp3) is 0.136. The summed E-state index contributed by atoms with van der Waals surface area (Å²) >= 11 is 0. The van der Waals surface area contributed by atoms with Crippen LogP contribution >= 0.6 is 12.4 Å². The highest BCUT2D eigenvalue weighted by molar-refractivity contribution is 5.92. The molecule has 0 fully saturated rings. The van der Waals surface area contributed by atoms with E-state index < -0.39 is 5.97 Å². The zero-order valence-electron chi connectivity index (χ0n) is 16.8. The minimum Gasteiger partial charge on any atom is -0.481 e. The molecule has 4 N–H and O–H groups in total. The monoisotopic (exact) mass is 439 g/mol. The van der Waals surface area contributed by atoms with Gasteiger partial charge in [-0.2, -0.15) is 5.26 Å². The van der Waals surface area contributed by atoms with Crippen LogP contribution in [0.2, 0.25) is 0 Å². The molecule has 0 aliphatic rings. The number of nitriles is 1. The molecule has 0 unspecified atom stereocenters. The number of carbonyl (C=O) groups excluding carboxylic acids is 1. The Morgan fingerprint density at radius 1 is 1.06 bits per heavy atom. The normalized spacial score (nSPS) is 9.29. The summed E-state index contributed by atoms with van der Waals surface area (Å²) < 4.78 is 0. The fourth-order valence-corrected chi connectivity index (χ4v) is 2.35.